The van der Waals surface area contributed by atoms with Crippen molar-refractivity contribution in [1.82, 2.24) is 19.7 Å². The lowest BCUT2D eigenvalue weighted by molar-refractivity contribution is 0.0281. The molecule has 2 N–H and O–H groups in total. The highest BCUT2D eigenvalue weighted by molar-refractivity contribution is 5.91. The van der Waals surface area contributed by atoms with Gasteiger partial charge in [-0.1, -0.05) is 17.7 Å². The van der Waals surface area contributed by atoms with Gasteiger partial charge in [0.05, 0.1) is 30.6 Å². The number of ether oxygens (including phenoxy) is 3. The summed E-state index contributed by atoms with van der Waals surface area (Å²) in [4.78, 5) is 30.8. The number of aromatic nitrogens is 3. The van der Waals surface area contributed by atoms with Gasteiger partial charge in [0.25, 0.3) is 0 Å². The number of carbonyl (C=O) groups is 2. The Morgan fingerprint density at radius 2 is 1.87 bits per heavy atom. The standard InChI is InChI=1S/C28H37N5O5/c1-16-10-11-20(21(12-16)26(34)36-9)18(3)37-23-13-19(14-30-25(23)29)24-17(2)31-33(8)22(24)15-32(7)27(35)38-28(4,5)6/h10-14,18H,15H2,1-9H3,(H2,29,30). The molecule has 3 rings (SSSR count). The van der Waals surface area contributed by atoms with Crippen LogP contribution in [0.1, 0.15) is 66.7 Å². The zero-order chi connectivity index (χ0) is 28.4. The number of hydrogen-bond acceptors (Lipinski definition) is 8. The molecule has 0 fully saturated rings. The minimum absolute atomic E-state index is 0.210. The summed E-state index contributed by atoms with van der Waals surface area (Å²) in [5.74, 6) is 0.131. The quantitative estimate of drug-likeness (QED) is 0.431. The van der Waals surface area contributed by atoms with Crippen molar-refractivity contribution < 1.29 is 23.8 Å². The number of nitrogen functional groups attached to an aromatic ring is 1. The molecule has 0 bridgehead atoms. The maximum atomic E-state index is 12.6. The molecule has 2 heterocycles. The van der Waals surface area contributed by atoms with Crippen molar-refractivity contribution in [2.45, 2.75) is 59.8 Å². The zero-order valence-corrected chi connectivity index (χ0v) is 23.6. The summed E-state index contributed by atoms with van der Waals surface area (Å²) in [5, 5.41) is 4.57. The molecule has 38 heavy (non-hydrogen) atoms. The number of anilines is 1. The molecule has 0 radical (unpaired) electrons. The Balaban J connectivity index is 1.95. The van der Waals surface area contributed by atoms with E-state index in [2.05, 4.69) is 10.1 Å². The summed E-state index contributed by atoms with van der Waals surface area (Å²) in [6.45, 7) is 11.4. The second-order valence-electron chi connectivity index (χ2n) is 10.3. The fraction of sp³-hybridized carbons (Fsp3) is 0.429. The average Bonchev–Trinajstić information content (AvgIpc) is 3.11. The van der Waals surface area contributed by atoms with E-state index in [-0.39, 0.29) is 12.4 Å². The largest absolute Gasteiger partial charge is 0.482 e. The first-order valence-corrected chi connectivity index (χ1v) is 12.3. The number of rotatable bonds is 7. The summed E-state index contributed by atoms with van der Waals surface area (Å²) >= 11 is 0. The van der Waals surface area contributed by atoms with Gasteiger partial charge in [-0.15, -0.1) is 0 Å². The van der Waals surface area contributed by atoms with Gasteiger partial charge >= 0.3 is 12.1 Å². The van der Waals surface area contributed by atoms with E-state index >= 15 is 0 Å². The second-order valence-corrected chi connectivity index (χ2v) is 10.3. The van der Waals surface area contributed by atoms with E-state index in [4.69, 9.17) is 19.9 Å². The van der Waals surface area contributed by atoms with Gasteiger partial charge in [0.1, 0.15) is 11.7 Å². The van der Waals surface area contributed by atoms with Gasteiger partial charge in [0, 0.05) is 37.0 Å². The maximum absolute atomic E-state index is 12.6. The first kappa shape index (κ1) is 28.5. The molecule has 10 nitrogen and oxygen atoms in total. The van der Waals surface area contributed by atoms with Crippen LogP contribution in [0, 0.1) is 13.8 Å². The molecule has 0 aliphatic rings. The summed E-state index contributed by atoms with van der Waals surface area (Å²) in [6.07, 6.45) is 0.700. The van der Waals surface area contributed by atoms with Gasteiger partial charge < -0.3 is 24.8 Å². The fourth-order valence-corrected chi connectivity index (χ4v) is 4.14. The van der Waals surface area contributed by atoms with Gasteiger partial charge in [-0.25, -0.2) is 14.6 Å². The minimum atomic E-state index is -0.606. The normalized spacial score (nSPS) is 12.1. The van der Waals surface area contributed by atoms with Crippen LogP contribution in [0.15, 0.2) is 30.5 Å². The van der Waals surface area contributed by atoms with E-state index in [9.17, 15) is 9.59 Å². The van der Waals surface area contributed by atoms with Crippen molar-refractivity contribution in [3.8, 4) is 16.9 Å². The van der Waals surface area contributed by atoms with Crippen LogP contribution in [-0.4, -0.2) is 51.5 Å². The van der Waals surface area contributed by atoms with E-state index in [1.54, 1.807) is 30.1 Å². The number of benzene rings is 1. The molecule has 0 spiro atoms. The van der Waals surface area contributed by atoms with Crippen LogP contribution in [0.25, 0.3) is 11.1 Å². The number of pyridine rings is 1. The number of aryl methyl sites for hydroxylation is 3. The van der Waals surface area contributed by atoms with Crippen LogP contribution in [0.5, 0.6) is 5.75 Å². The highest BCUT2D eigenvalue weighted by Gasteiger charge is 2.24. The summed E-state index contributed by atoms with van der Waals surface area (Å²) in [7, 11) is 4.85. The van der Waals surface area contributed by atoms with E-state index in [1.165, 1.54) is 12.0 Å². The van der Waals surface area contributed by atoms with Crippen molar-refractivity contribution in [1.29, 1.82) is 0 Å². The van der Waals surface area contributed by atoms with Gasteiger partial charge in [-0.3, -0.25) is 4.68 Å². The summed E-state index contributed by atoms with van der Waals surface area (Å²) < 4.78 is 18.4. The van der Waals surface area contributed by atoms with Crippen molar-refractivity contribution >= 4 is 17.9 Å². The Morgan fingerprint density at radius 1 is 1.18 bits per heavy atom. The highest BCUT2D eigenvalue weighted by Crippen LogP contribution is 2.35. The van der Waals surface area contributed by atoms with E-state index in [0.717, 1.165) is 28.1 Å². The van der Waals surface area contributed by atoms with Crippen LogP contribution >= 0.6 is 0 Å². The van der Waals surface area contributed by atoms with E-state index in [1.807, 2.05) is 60.7 Å². The lowest BCUT2D eigenvalue weighted by Gasteiger charge is -2.25. The SMILES string of the molecule is COC(=O)c1cc(C)ccc1C(C)Oc1cc(-c2c(C)nn(C)c2CN(C)C(=O)OC(C)(C)C)cnc1N. The zero-order valence-electron chi connectivity index (χ0n) is 23.6. The third-order valence-electron chi connectivity index (χ3n) is 5.96. The predicted molar refractivity (Wildman–Crippen MR) is 145 cm³/mol. The van der Waals surface area contributed by atoms with Gasteiger partial charge in [-0.2, -0.15) is 5.10 Å². The van der Waals surface area contributed by atoms with E-state index < -0.39 is 23.8 Å². The molecule has 1 aromatic carbocycles. The van der Waals surface area contributed by atoms with Crippen molar-refractivity contribution in [3.63, 3.8) is 0 Å². The molecule has 204 valence electrons. The number of amides is 1. The van der Waals surface area contributed by atoms with Crippen LogP contribution in [-0.2, 0) is 23.1 Å². The molecule has 0 saturated carbocycles. The number of nitrogens with two attached hydrogens (primary N) is 1. The smallest absolute Gasteiger partial charge is 0.410 e. The topological polar surface area (TPSA) is 122 Å². The van der Waals surface area contributed by atoms with Crippen molar-refractivity contribution in [2.75, 3.05) is 19.9 Å². The molecular weight excluding hydrogens is 486 g/mol. The summed E-state index contributed by atoms with van der Waals surface area (Å²) in [5.41, 5.74) is 10.7. The lowest BCUT2D eigenvalue weighted by atomic mass is 10.0. The molecule has 0 saturated heterocycles. The Bertz CT molecular complexity index is 1340. The molecule has 3 aromatic rings. The van der Waals surface area contributed by atoms with Gasteiger partial charge in [0.2, 0.25) is 0 Å². The highest BCUT2D eigenvalue weighted by atomic mass is 16.6. The summed E-state index contributed by atoms with van der Waals surface area (Å²) in [6, 6.07) is 7.32. The third-order valence-corrected chi connectivity index (χ3v) is 5.96. The first-order valence-electron chi connectivity index (χ1n) is 12.3. The number of nitrogens with zero attached hydrogens (tertiary/aromatic N) is 4. The van der Waals surface area contributed by atoms with Crippen LogP contribution in [0.3, 0.4) is 0 Å². The molecule has 0 aliphatic heterocycles. The Kier molecular flexibility index (Phi) is 8.34. The van der Waals surface area contributed by atoms with Crippen LogP contribution in [0.4, 0.5) is 10.6 Å². The Morgan fingerprint density at radius 3 is 2.50 bits per heavy atom. The second kappa shape index (κ2) is 11.1. The number of carbonyl (C=O) groups excluding carboxylic acids is 2. The van der Waals surface area contributed by atoms with Crippen LogP contribution < -0.4 is 10.5 Å². The monoisotopic (exact) mass is 523 g/mol. The number of hydrogen-bond donors (Lipinski definition) is 1. The third kappa shape index (κ3) is 6.42. The van der Waals surface area contributed by atoms with Crippen molar-refractivity contribution in [3.05, 3.63) is 58.5 Å². The average molecular weight is 524 g/mol. The van der Waals surface area contributed by atoms with Gasteiger partial charge in [-0.05, 0) is 53.7 Å². The molecular formula is C28H37N5O5. The fourth-order valence-electron chi connectivity index (χ4n) is 4.14. The molecule has 1 amide bonds. The minimum Gasteiger partial charge on any atom is -0.482 e. The molecule has 1 atom stereocenters. The molecule has 10 heteroatoms. The first-order chi connectivity index (χ1) is 17.7. The lowest BCUT2D eigenvalue weighted by Crippen LogP contribution is -2.34. The predicted octanol–water partition coefficient (Wildman–Crippen LogP) is 4.97. The van der Waals surface area contributed by atoms with Gasteiger partial charge in [0.15, 0.2) is 11.6 Å². The molecule has 1 unspecified atom stereocenters. The van der Waals surface area contributed by atoms with Crippen molar-refractivity contribution in [2.24, 2.45) is 7.05 Å². The molecule has 0 aliphatic carbocycles. The Labute approximate surface area is 223 Å². The Hall–Kier alpha value is -4.08. The van der Waals surface area contributed by atoms with Crippen LogP contribution in [0.2, 0.25) is 0 Å². The molecule has 2 aromatic heterocycles. The maximum Gasteiger partial charge on any atom is 0.410 e. The number of esters is 1. The van der Waals surface area contributed by atoms with E-state index in [0.29, 0.717) is 16.9 Å². The number of methoxy groups -OCH3 is 1.